The molecule has 0 spiro atoms. The second-order valence-corrected chi connectivity index (χ2v) is 2.32. The van der Waals surface area contributed by atoms with Crippen molar-refractivity contribution in [1.82, 2.24) is 5.32 Å². The molecule has 0 heterocycles. The van der Waals surface area contributed by atoms with Gasteiger partial charge in [0.15, 0.2) is 0 Å². The molecule has 0 aromatic carbocycles. The van der Waals surface area contributed by atoms with Gasteiger partial charge in [-0.15, -0.1) is 0 Å². The maximum Gasteiger partial charge on any atom is 0.0668 e. The van der Waals surface area contributed by atoms with E-state index < -0.39 is 5.97 Å². The summed E-state index contributed by atoms with van der Waals surface area (Å²) in [4.78, 5) is 10.2. The van der Waals surface area contributed by atoms with E-state index in [9.17, 15) is 9.90 Å². The molecule has 0 saturated heterocycles. The van der Waals surface area contributed by atoms with Gasteiger partial charge in [-0.3, -0.25) is 0 Å². The Kier molecular flexibility index (Phi) is 5.47. The summed E-state index contributed by atoms with van der Waals surface area (Å²) in [5.41, 5.74) is 0.308. The number of aliphatic carboxylic acids is 1. The number of carbonyl (C=O) groups excluding carboxylic acids is 1. The molecule has 0 saturated carbocycles. The van der Waals surface area contributed by atoms with Crippen LogP contribution in [0.2, 0.25) is 0 Å². The van der Waals surface area contributed by atoms with Crippen molar-refractivity contribution >= 4 is 5.97 Å². The zero-order valence-corrected chi connectivity index (χ0v) is 7.02. The van der Waals surface area contributed by atoms with Crippen LogP contribution in [-0.2, 0) is 4.79 Å². The van der Waals surface area contributed by atoms with Crippen LogP contribution in [0, 0.1) is 0 Å². The molecular formula is C8H14NO2-. The third-order valence-electron chi connectivity index (χ3n) is 1.34. The zero-order chi connectivity index (χ0) is 8.69. The molecule has 1 N–H and O–H groups in total. The summed E-state index contributed by atoms with van der Waals surface area (Å²) in [6.45, 7) is 5.29. The summed E-state index contributed by atoms with van der Waals surface area (Å²) in [6, 6.07) is 0. The molecule has 11 heavy (non-hydrogen) atoms. The van der Waals surface area contributed by atoms with Gasteiger partial charge < -0.3 is 15.2 Å². The predicted octanol–water partition coefficient (Wildman–Crippen LogP) is -0.318. The van der Waals surface area contributed by atoms with E-state index in [0.717, 1.165) is 19.5 Å². The van der Waals surface area contributed by atoms with Crippen molar-refractivity contribution in [2.24, 2.45) is 0 Å². The van der Waals surface area contributed by atoms with Crippen LogP contribution in [0.25, 0.3) is 0 Å². The van der Waals surface area contributed by atoms with Gasteiger partial charge in [0.1, 0.15) is 0 Å². The molecule has 0 fully saturated rings. The topological polar surface area (TPSA) is 52.2 Å². The van der Waals surface area contributed by atoms with Crippen LogP contribution in [0.5, 0.6) is 0 Å². The van der Waals surface area contributed by atoms with Crippen molar-refractivity contribution in [2.75, 3.05) is 13.1 Å². The molecule has 0 atom stereocenters. The lowest BCUT2D eigenvalue weighted by molar-refractivity contribution is -0.299. The van der Waals surface area contributed by atoms with Gasteiger partial charge in [0, 0.05) is 0 Å². The van der Waals surface area contributed by atoms with Crippen LogP contribution in [-0.4, -0.2) is 19.1 Å². The minimum atomic E-state index is -1.08. The summed E-state index contributed by atoms with van der Waals surface area (Å²) in [7, 11) is 0. The van der Waals surface area contributed by atoms with Crippen LogP contribution in [0.15, 0.2) is 11.6 Å². The highest BCUT2D eigenvalue weighted by molar-refractivity contribution is 5.83. The highest BCUT2D eigenvalue weighted by atomic mass is 16.4. The summed E-state index contributed by atoms with van der Waals surface area (Å²) in [6.07, 6.45) is 2.41. The number of carboxylic acids is 1. The number of carbonyl (C=O) groups is 1. The third kappa shape index (κ3) is 5.61. The molecule has 0 amide bonds. The number of hydrogen-bond donors (Lipinski definition) is 1. The number of nitrogens with one attached hydrogen (secondary N) is 1. The fraction of sp³-hybridized carbons (Fsp3) is 0.625. The Hall–Kier alpha value is -0.830. The van der Waals surface area contributed by atoms with Gasteiger partial charge >= 0.3 is 0 Å². The number of hydrogen-bond acceptors (Lipinski definition) is 3. The molecule has 0 bridgehead atoms. The second-order valence-electron chi connectivity index (χ2n) is 2.32. The Bertz CT molecular complexity index is 152. The fourth-order valence-corrected chi connectivity index (χ4v) is 0.651. The van der Waals surface area contributed by atoms with Crippen molar-refractivity contribution in [3.8, 4) is 0 Å². The molecule has 0 rings (SSSR count). The van der Waals surface area contributed by atoms with Crippen molar-refractivity contribution in [3.63, 3.8) is 0 Å². The Morgan fingerprint density at radius 1 is 1.64 bits per heavy atom. The third-order valence-corrected chi connectivity index (χ3v) is 1.34. The Labute approximate surface area is 67.1 Å². The van der Waals surface area contributed by atoms with Crippen LogP contribution >= 0.6 is 0 Å². The number of rotatable bonds is 5. The van der Waals surface area contributed by atoms with Crippen LogP contribution in [0.4, 0.5) is 0 Å². The van der Waals surface area contributed by atoms with Gasteiger partial charge in [-0.2, -0.15) is 0 Å². The van der Waals surface area contributed by atoms with Crippen LogP contribution in [0.1, 0.15) is 20.3 Å². The maximum atomic E-state index is 10.2. The minimum Gasteiger partial charge on any atom is -0.545 e. The summed E-state index contributed by atoms with van der Waals surface area (Å²) in [5, 5.41) is 13.2. The SMILES string of the molecule is CCNCC/C=C(\C)C(=O)[O-]. The average Bonchev–Trinajstić information content (AvgIpc) is 1.97. The minimum absolute atomic E-state index is 0.308. The van der Waals surface area contributed by atoms with E-state index in [2.05, 4.69) is 5.32 Å². The summed E-state index contributed by atoms with van der Waals surface area (Å²) >= 11 is 0. The lowest BCUT2D eigenvalue weighted by Gasteiger charge is -2.01. The molecule has 0 aromatic rings. The largest absolute Gasteiger partial charge is 0.545 e. The first-order valence-corrected chi connectivity index (χ1v) is 3.77. The smallest absolute Gasteiger partial charge is 0.0668 e. The Morgan fingerprint density at radius 2 is 2.27 bits per heavy atom. The van der Waals surface area contributed by atoms with Crippen molar-refractivity contribution < 1.29 is 9.90 Å². The zero-order valence-electron chi connectivity index (χ0n) is 7.02. The molecule has 0 aliphatic carbocycles. The van der Waals surface area contributed by atoms with Crippen molar-refractivity contribution in [1.29, 1.82) is 0 Å². The van der Waals surface area contributed by atoms with Gasteiger partial charge in [-0.05, 0) is 32.0 Å². The van der Waals surface area contributed by atoms with Crippen molar-refractivity contribution in [2.45, 2.75) is 20.3 Å². The van der Waals surface area contributed by atoms with Crippen LogP contribution < -0.4 is 10.4 Å². The van der Waals surface area contributed by atoms with Gasteiger partial charge in [-0.25, -0.2) is 0 Å². The Balaban J connectivity index is 3.48. The molecule has 0 unspecified atom stereocenters. The molecule has 0 aromatic heterocycles. The van der Waals surface area contributed by atoms with E-state index in [1.54, 1.807) is 13.0 Å². The van der Waals surface area contributed by atoms with E-state index in [1.165, 1.54) is 0 Å². The Morgan fingerprint density at radius 3 is 2.73 bits per heavy atom. The average molecular weight is 156 g/mol. The van der Waals surface area contributed by atoms with E-state index >= 15 is 0 Å². The molecule has 3 nitrogen and oxygen atoms in total. The van der Waals surface area contributed by atoms with E-state index in [-0.39, 0.29) is 0 Å². The molecule has 0 aliphatic heterocycles. The predicted molar refractivity (Wildman–Crippen MR) is 41.9 cm³/mol. The normalized spacial score (nSPS) is 11.6. The van der Waals surface area contributed by atoms with E-state index in [4.69, 9.17) is 0 Å². The molecule has 0 radical (unpaired) electrons. The molecular weight excluding hydrogens is 142 g/mol. The summed E-state index contributed by atoms with van der Waals surface area (Å²) < 4.78 is 0. The lowest BCUT2D eigenvalue weighted by atomic mass is 10.2. The molecule has 64 valence electrons. The van der Waals surface area contributed by atoms with E-state index in [1.807, 2.05) is 6.92 Å². The van der Waals surface area contributed by atoms with Gasteiger partial charge in [0.25, 0.3) is 0 Å². The first-order chi connectivity index (χ1) is 5.18. The first kappa shape index (κ1) is 10.2. The maximum absolute atomic E-state index is 10.2. The van der Waals surface area contributed by atoms with Crippen molar-refractivity contribution in [3.05, 3.63) is 11.6 Å². The molecule has 0 aliphatic rings. The van der Waals surface area contributed by atoms with Gasteiger partial charge in [0.05, 0.1) is 5.97 Å². The summed E-state index contributed by atoms with van der Waals surface area (Å²) in [5.74, 6) is -1.08. The quantitative estimate of drug-likeness (QED) is 0.438. The molecule has 3 heteroatoms. The first-order valence-electron chi connectivity index (χ1n) is 3.77. The standard InChI is InChI=1S/C8H15NO2/c1-3-9-6-4-5-7(2)8(10)11/h5,9H,3-4,6H2,1-2H3,(H,10,11)/p-1/b7-5+. The monoisotopic (exact) mass is 156 g/mol. The van der Waals surface area contributed by atoms with Gasteiger partial charge in [0.2, 0.25) is 0 Å². The van der Waals surface area contributed by atoms with E-state index in [0.29, 0.717) is 5.57 Å². The highest BCUT2D eigenvalue weighted by Crippen LogP contribution is 1.91. The van der Waals surface area contributed by atoms with Crippen LogP contribution in [0.3, 0.4) is 0 Å². The second kappa shape index (κ2) is 5.92. The fourth-order valence-electron chi connectivity index (χ4n) is 0.651. The number of carboxylic acid groups (broad SMARTS) is 1. The van der Waals surface area contributed by atoms with Gasteiger partial charge in [-0.1, -0.05) is 13.0 Å². The highest BCUT2D eigenvalue weighted by Gasteiger charge is 1.87. The lowest BCUT2D eigenvalue weighted by Crippen LogP contribution is -2.23.